The van der Waals surface area contributed by atoms with E-state index in [2.05, 4.69) is 20.6 Å². The summed E-state index contributed by atoms with van der Waals surface area (Å²) in [6.07, 6.45) is 2.94. The molecule has 0 aliphatic heterocycles. The molecule has 1 heterocycles. The van der Waals surface area contributed by atoms with Gasteiger partial charge in [0.2, 0.25) is 0 Å². The molecule has 28 heavy (non-hydrogen) atoms. The third kappa shape index (κ3) is 4.40. The van der Waals surface area contributed by atoms with Crippen LogP contribution in [-0.4, -0.2) is 48.0 Å². The second kappa shape index (κ2) is 7.98. The lowest BCUT2D eigenvalue weighted by Crippen LogP contribution is -2.29. The first-order valence-electron chi connectivity index (χ1n) is 8.86. The minimum Gasteiger partial charge on any atom is -0.396 e. The third-order valence-electron chi connectivity index (χ3n) is 4.65. The lowest BCUT2D eigenvalue weighted by atomic mass is 10.1. The second-order valence-electron chi connectivity index (χ2n) is 6.80. The van der Waals surface area contributed by atoms with Gasteiger partial charge in [0.15, 0.2) is 20.8 Å². The van der Waals surface area contributed by atoms with Crippen molar-refractivity contribution in [2.45, 2.75) is 24.0 Å². The van der Waals surface area contributed by atoms with E-state index in [0.29, 0.717) is 42.4 Å². The van der Waals surface area contributed by atoms with E-state index < -0.39 is 14.6 Å². The zero-order valence-electron chi connectivity index (χ0n) is 15.5. The fourth-order valence-electron chi connectivity index (χ4n) is 2.92. The Bertz CT molecular complexity index is 973. The molecule has 0 unspecified atom stereocenters. The highest BCUT2D eigenvalue weighted by Gasteiger charge is 2.55. The van der Waals surface area contributed by atoms with Crippen LogP contribution in [0, 0.1) is 0 Å². The van der Waals surface area contributed by atoms with E-state index in [4.69, 9.17) is 23.1 Å². The summed E-state index contributed by atoms with van der Waals surface area (Å²) < 4.78 is 23.4. The summed E-state index contributed by atoms with van der Waals surface area (Å²) in [4.78, 5) is 8.75. The number of benzene rings is 1. The molecule has 10 heteroatoms. The van der Waals surface area contributed by atoms with Crippen molar-refractivity contribution in [1.82, 2.24) is 15.3 Å². The van der Waals surface area contributed by atoms with Crippen molar-refractivity contribution in [1.29, 1.82) is 0 Å². The van der Waals surface area contributed by atoms with E-state index in [1.807, 2.05) is 24.3 Å². The Balaban J connectivity index is 1.78. The molecule has 1 saturated carbocycles. The number of rotatable bonds is 7. The third-order valence-corrected chi connectivity index (χ3v) is 6.93. The molecule has 0 saturated heterocycles. The Labute approximate surface area is 169 Å². The van der Waals surface area contributed by atoms with Crippen LogP contribution in [0.15, 0.2) is 30.3 Å². The molecule has 2 aromatic rings. The summed E-state index contributed by atoms with van der Waals surface area (Å²) >= 11 is 5.19. The van der Waals surface area contributed by atoms with Gasteiger partial charge in [0.05, 0.1) is 5.69 Å². The molecule has 1 aliphatic carbocycles. The highest BCUT2D eigenvalue weighted by molar-refractivity contribution is 7.92. The smallest absolute Gasteiger partial charge is 0.170 e. The van der Waals surface area contributed by atoms with Crippen LogP contribution < -0.4 is 16.4 Å². The Kier molecular flexibility index (Phi) is 5.82. The van der Waals surface area contributed by atoms with Gasteiger partial charge in [-0.25, -0.2) is 18.4 Å². The molecule has 150 valence electrons. The lowest BCUT2D eigenvalue weighted by Gasteiger charge is -2.14. The van der Waals surface area contributed by atoms with Crippen LogP contribution in [0.2, 0.25) is 0 Å². The minimum absolute atomic E-state index is 0.104. The largest absolute Gasteiger partial charge is 0.396 e. The van der Waals surface area contributed by atoms with Crippen LogP contribution in [0.5, 0.6) is 0 Å². The van der Waals surface area contributed by atoms with Crippen molar-refractivity contribution in [3.05, 3.63) is 36.0 Å². The van der Waals surface area contributed by atoms with Gasteiger partial charge in [-0.2, -0.15) is 0 Å². The number of nitrogens with two attached hydrogens (primary N) is 1. The van der Waals surface area contributed by atoms with Gasteiger partial charge in [0.1, 0.15) is 10.6 Å². The Hall–Kier alpha value is -2.30. The maximum atomic E-state index is 12.2. The summed E-state index contributed by atoms with van der Waals surface area (Å²) in [6.45, 7) is 0.690. The molecule has 1 aliphatic rings. The Morgan fingerprint density at radius 2 is 1.96 bits per heavy atom. The van der Waals surface area contributed by atoms with Gasteiger partial charge in [-0.1, -0.05) is 0 Å². The van der Waals surface area contributed by atoms with Gasteiger partial charge in [-0.15, -0.1) is 0 Å². The number of aromatic nitrogens is 2. The van der Waals surface area contributed by atoms with Crippen LogP contribution >= 0.6 is 12.2 Å². The molecular weight excluding hydrogens is 398 g/mol. The van der Waals surface area contributed by atoms with Crippen molar-refractivity contribution < 1.29 is 13.5 Å². The normalized spacial score (nSPS) is 15.1. The van der Waals surface area contributed by atoms with Crippen LogP contribution in [0.25, 0.3) is 11.4 Å². The molecule has 0 spiro atoms. The number of hydrogen-bond acceptors (Lipinski definition) is 7. The molecule has 1 fully saturated rings. The second-order valence-corrected chi connectivity index (χ2v) is 9.54. The predicted molar refractivity (Wildman–Crippen MR) is 114 cm³/mol. The average molecular weight is 422 g/mol. The predicted octanol–water partition coefficient (Wildman–Crippen LogP) is 1.43. The summed E-state index contributed by atoms with van der Waals surface area (Å²) in [5.74, 6) is 0.631. The first kappa shape index (κ1) is 20.4. The van der Waals surface area contributed by atoms with Crippen molar-refractivity contribution >= 4 is 38.7 Å². The molecule has 0 radical (unpaired) electrons. The average Bonchev–Trinajstić information content (AvgIpc) is 3.44. The zero-order chi connectivity index (χ0) is 20.4. The highest BCUT2D eigenvalue weighted by Crippen LogP contribution is 2.52. The molecule has 8 nitrogen and oxygen atoms in total. The topological polar surface area (TPSA) is 130 Å². The van der Waals surface area contributed by atoms with Gasteiger partial charge in [-0.3, -0.25) is 0 Å². The molecular formula is C18H23N5O3S2. The summed E-state index contributed by atoms with van der Waals surface area (Å²) in [7, 11) is -3.28. The van der Waals surface area contributed by atoms with E-state index >= 15 is 0 Å². The van der Waals surface area contributed by atoms with Crippen molar-refractivity contribution in [2.75, 3.05) is 30.5 Å². The monoisotopic (exact) mass is 421 g/mol. The van der Waals surface area contributed by atoms with Crippen molar-refractivity contribution in [3.8, 4) is 11.4 Å². The van der Waals surface area contributed by atoms with Gasteiger partial charge < -0.3 is 21.5 Å². The molecule has 1 aromatic carbocycles. The van der Waals surface area contributed by atoms with Gasteiger partial charge in [-0.05, 0) is 55.7 Å². The summed E-state index contributed by atoms with van der Waals surface area (Å²) in [5.41, 5.74) is 7.88. The Morgan fingerprint density at radius 1 is 1.29 bits per heavy atom. The molecule has 0 bridgehead atoms. The number of nitrogens with zero attached hydrogens (tertiary/aromatic N) is 2. The molecule has 5 N–H and O–H groups in total. The number of hydrogen-bond donors (Lipinski definition) is 4. The molecule has 3 rings (SSSR count). The van der Waals surface area contributed by atoms with E-state index in [9.17, 15) is 8.42 Å². The van der Waals surface area contributed by atoms with Gasteiger partial charge in [0, 0.05) is 36.7 Å². The zero-order valence-corrected chi connectivity index (χ0v) is 17.1. The van der Waals surface area contributed by atoms with Gasteiger partial charge >= 0.3 is 0 Å². The number of sulfone groups is 1. The number of aliphatic hydroxyl groups is 1. The van der Waals surface area contributed by atoms with Crippen molar-refractivity contribution in [3.63, 3.8) is 0 Å². The van der Waals surface area contributed by atoms with Crippen LogP contribution in [0.3, 0.4) is 0 Å². The van der Waals surface area contributed by atoms with Gasteiger partial charge in [0.25, 0.3) is 0 Å². The minimum atomic E-state index is -3.28. The summed E-state index contributed by atoms with van der Waals surface area (Å²) in [5, 5.41) is 15.3. The number of thiocarbonyl (C=S) groups is 1. The molecule has 0 amide bonds. The van der Waals surface area contributed by atoms with E-state index in [1.165, 1.54) is 6.26 Å². The number of nitrogens with one attached hydrogen (secondary N) is 2. The van der Waals surface area contributed by atoms with E-state index in [0.717, 1.165) is 11.3 Å². The quantitative estimate of drug-likeness (QED) is 0.387. The number of anilines is 2. The number of nitrogen functional groups attached to an aromatic ring is 1. The van der Waals surface area contributed by atoms with Crippen LogP contribution in [-0.2, 0) is 14.6 Å². The fraction of sp³-hybridized carbons (Fsp3) is 0.389. The standard InChI is InChI=1S/C18H23N5O3S2/c1-28(25,26)18(7-8-18)14-11-15(19)23-16(22-14)12-3-5-13(6-4-12)21-17(27)20-9-2-10-24/h3-6,11,24H,2,7-10H2,1H3,(H2,19,22,23)(H2,20,21,27). The number of aliphatic hydroxyl groups excluding tert-OH is 1. The van der Waals surface area contributed by atoms with Crippen LogP contribution in [0.4, 0.5) is 11.5 Å². The first-order chi connectivity index (χ1) is 13.2. The molecule has 0 atom stereocenters. The van der Waals surface area contributed by atoms with Crippen molar-refractivity contribution in [2.24, 2.45) is 0 Å². The van der Waals surface area contributed by atoms with E-state index in [-0.39, 0.29) is 12.4 Å². The lowest BCUT2D eigenvalue weighted by molar-refractivity contribution is 0.289. The maximum Gasteiger partial charge on any atom is 0.170 e. The van der Waals surface area contributed by atoms with Crippen LogP contribution in [0.1, 0.15) is 25.0 Å². The molecule has 1 aromatic heterocycles. The maximum absolute atomic E-state index is 12.2. The highest BCUT2D eigenvalue weighted by atomic mass is 32.2. The van der Waals surface area contributed by atoms with E-state index in [1.54, 1.807) is 6.07 Å². The summed E-state index contributed by atoms with van der Waals surface area (Å²) in [6, 6.07) is 8.83. The fourth-order valence-corrected chi connectivity index (χ4v) is 4.47. The first-order valence-corrected chi connectivity index (χ1v) is 11.2. The SMILES string of the molecule is CS(=O)(=O)C1(c2cc(N)nc(-c3ccc(NC(=S)NCCCO)cc3)n2)CC1. The Morgan fingerprint density at radius 3 is 2.54 bits per heavy atom.